The van der Waals surface area contributed by atoms with Gasteiger partial charge in [0.25, 0.3) is 0 Å². The van der Waals surface area contributed by atoms with Gasteiger partial charge < -0.3 is 10.2 Å². The average molecular weight is 466 g/mol. The molecule has 3 aromatic rings. The van der Waals surface area contributed by atoms with Crippen molar-refractivity contribution in [3.05, 3.63) is 95.1 Å². The van der Waals surface area contributed by atoms with E-state index in [1.807, 2.05) is 52.0 Å². The van der Waals surface area contributed by atoms with Crippen LogP contribution in [0.2, 0.25) is 0 Å². The summed E-state index contributed by atoms with van der Waals surface area (Å²) < 4.78 is 0. The van der Waals surface area contributed by atoms with Gasteiger partial charge in [-0.25, -0.2) is 0 Å². The third-order valence-electron chi connectivity index (χ3n) is 5.22. The van der Waals surface area contributed by atoms with E-state index < -0.39 is 11.1 Å². The molecule has 0 spiro atoms. The fraction of sp³-hybridized carbons (Fsp3) is 0.231. The molecule has 0 unspecified atom stereocenters. The standard InChI is InChI=1S/C26H28N2O2.Zn/c1-25(2,27-17-19-9-5-7-11-23(19)29)21-13-15-22(16-14-21)26(3,4)28-18-20-10-6-8-12-24(20)30;/h5-18,29-30H,1-4H3;. The van der Waals surface area contributed by atoms with Crippen LogP contribution in [0.4, 0.5) is 0 Å². The summed E-state index contributed by atoms with van der Waals surface area (Å²) in [6.45, 7) is 8.17. The molecular weight excluding hydrogens is 438 g/mol. The predicted molar refractivity (Wildman–Crippen MR) is 124 cm³/mol. The van der Waals surface area contributed by atoms with E-state index >= 15 is 0 Å². The van der Waals surface area contributed by atoms with Crippen molar-refractivity contribution in [2.75, 3.05) is 0 Å². The molecule has 0 atom stereocenters. The summed E-state index contributed by atoms with van der Waals surface area (Å²) >= 11 is 0. The van der Waals surface area contributed by atoms with Crippen LogP contribution in [0.15, 0.2) is 82.8 Å². The SMILES string of the molecule is CC(C)(N=Cc1ccccc1O)c1ccc(C(C)(C)N=Cc2ccccc2O)cc1.[Zn]. The van der Waals surface area contributed by atoms with Crippen molar-refractivity contribution in [3.63, 3.8) is 0 Å². The normalized spacial score (nSPS) is 12.3. The maximum atomic E-state index is 9.93. The minimum absolute atomic E-state index is 0. The van der Waals surface area contributed by atoms with E-state index in [0.29, 0.717) is 11.1 Å². The van der Waals surface area contributed by atoms with Crippen LogP contribution < -0.4 is 0 Å². The number of para-hydroxylation sites is 2. The van der Waals surface area contributed by atoms with Crippen molar-refractivity contribution >= 4 is 12.4 Å². The number of benzene rings is 3. The molecule has 0 fully saturated rings. The Morgan fingerprint density at radius 3 is 1.23 bits per heavy atom. The Hall–Kier alpha value is -2.78. The largest absolute Gasteiger partial charge is 0.507 e. The molecule has 3 aromatic carbocycles. The van der Waals surface area contributed by atoms with Crippen molar-refractivity contribution in [2.24, 2.45) is 9.98 Å². The van der Waals surface area contributed by atoms with Gasteiger partial charge >= 0.3 is 0 Å². The first-order valence-corrected chi connectivity index (χ1v) is 9.96. The number of phenols is 2. The molecule has 2 N–H and O–H groups in total. The van der Waals surface area contributed by atoms with Crippen molar-refractivity contribution in [1.29, 1.82) is 0 Å². The minimum Gasteiger partial charge on any atom is -0.507 e. The maximum absolute atomic E-state index is 9.93. The molecule has 0 aliphatic rings. The van der Waals surface area contributed by atoms with Crippen LogP contribution in [0.25, 0.3) is 0 Å². The van der Waals surface area contributed by atoms with Crippen LogP contribution in [0, 0.1) is 0 Å². The Labute approximate surface area is 197 Å². The summed E-state index contributed by atoms with van der Waals surface area (Å²) in [5, 5.41) is 19.9. The van der Waals surface area contributed by atoms with E-state index in [-0.39, 0.29) is 31.0 Å². The van der Waals surface area contributed by atoms with Crippen LogP contribution in [0.3, 0.4) is 0 Å². The second kappa shape index (κ2) is 10.0. The summed E-state index contributed by atoms with van der Waals surface area (Å²) in [7, 11) is 0. The van der Waals surface area contributed by atoms with Crippen molar-refractivity contribution in [1.82, 2.24) is 0 Å². The molecule has 0 radical (unpaired) electrons. The molecule has 4 nitrogen and oxygen atoms in total. The Morgan fingerprint density at radius 1 is 0.581 bits per heavy atom. The molecule has 0 amide bonds. The number of nitrogens with zero attached hydrogens (tertiary/aromatic N) is 2. The Morgan fingerprint density at radius 2 is 0.903 bits per heavy atom. The first-order chi connectivity index (χ1) is 14.2. The predicted octanol–water partition coefficient (Wildman–Crippen LogP) is 5.80. The molecule has 156 valence electrons. The van der Waals surface area contributed by atoms with Gasteiger partial charge in [-0.1, -0.05) is 48.5 Å². The quantitative estimate of drug-likeness (QED) is 0.356. The molecule has 0 bridgehead atoms. The van der Waals surface area contributed by atoms with Gasteiger partial charge in [0.15, 0.2) is 0 Å². The van der Waals surface area contributed by atoms with E-state index in [2.05, 4.69) is 24.3 Å². The molecule has 0 aromatic heterocycles. The van der Waals surface area contributed by atoms with Crippen LogP contribution >= 0.6 is 0 Å². The molecule has 5 heteroatoms. The Bertz CT molecular complexity index is 984. The summed E-state index contributed by atoms with van der Waals surface area (Å²) in [5.41, 5.74) is 2.65. The second-order valence-corrected chi connectivity index (χ2v) is 8.33. The Balaban J connectivity index is 0.00000341. The molecule has 0 aliphatic heterocycles. The zero-order valence-corrected chi connectivity index (χ0v) is 21.5. The van der Waals surface area contributed by atoms with E-state index in [1.54, 1.807) is 36.7 Å². The fourth-order valence-electron chi connectivity index (χ4n) is 3.09. The summed E-state index contributed by atoms with van der Waals surface area (Å²) in [6, 6.07) is 22.6. The molecular formula is C26H28N2O2Zn. The van der Waals surface area contributed by atoms with Gasteiger partial charge in [-0.05, 0) is 63.1 Å². The zero-order valence-electron chi connectivity index (χ0n) is 18.6. The topological polar surface area (TPSA) is 65.2 Å². The van der Waals surface area contributed by atoms with Gasteiger partial charge in [0.1, 0.15) is 11.5 Å². The minimum atomic E-state index is -0.440. The number of hydrogen-bond acceptors (Lipinski definition) is 4. The third-order valence-corrected chi connectivity index (χ3v) is 5.22. The summed E-state index contributed by atoms with van der Waals surface area (Å²) in [6.07, 6.45) is 3.42. The van der Waals surface area contributed by atoms with Crippen LogP contribution in [-0.4, -0.2) is 22.6 Å². The van der Waals surface area contributed by atoms with Crippen LogP contribution in [-0.2, 0) is 30.6 Å². The van der Waals surface area contributed by atoms with Gasteiger partial charge in [-0.2, -0.15) is 0 Å². The molecule has 0 saturated carbocycles. The Kier molecular flexibility index (Phi) is 7.92. The summed E-state index contributed by atoms with van der Waals surface area (Å²) in [4.78, 5) is 9.39. The number of rotatable bonds is 6. The van der Waals surface area contributed by atoms with Gasteiger partial charge in [-0.15, -0.1) is 0 Å². The van der Waals surface area contributed by atoms with Crippen molar-refractivity contribution in [3.8, 4) is 11.5 Å². The van der Waals surface area contributed by atoms with Crippen molar-refractivity contribution < 1.29 is 29.7 Å². The maximum Gasteiger partial charge on any atom is 0.124 e. The molecule has 0 aliphatic carbocycles. The van der Waals surface area contributed by atoms with Gasteiger partial charge in [0, 0.05) is 43.0 Å². The molecule has 3 rings (SSSR count). The third kappa shape index (κ3) is 6.11. The van der Waals surface area contributed by atoms with E-state index in [9.17, 15) is 10.2 Å². The smallest absolute Gasteiger partial charge is 0.124 e. The first-order valence-electron chi connectivity index (χ1n) is 9.96. The number of hydrogen-bond donors (Lipinski definition) is 2. The summed E-state index contributed by atoms with van der Waals surface area (Å²) in [5.74, 6) is 0.438. The molecule has 0 saturated heterocycles. The van der Waals surface area contributed by atoms with Gasteiger partial charge in [0.05, 0.1) is 11.1 Å². The molecule has 0 heterocycles. The van der Waals surface area contributed by atoms with Crippen LogP contribution in [0.1, 0.15) is 49.9 Å². The van der Waals surface area contributed by atoms with E-state index in [4.69, 9.17) is 9.98 Å². The monoisotopic (exact) mass is 464 g/mol. The fourth-order valence-corrected chi connectivity index (χ4v) is 3.09. The second-order valence-electron chi connectivity index (χ2n) is 8.33. The number of aromatic hydroxyl groups is 2. The van der Waals surface area contributed by atoms with E-state index in [0.717, 1.165) is 11.1 Å². The van der Waals surface area contributed by atoms with Crippen molar-refractivity contribution in [2.45, 2.75) is 38.8 Å². The van der Waals surface area contributed by atoms with Gasteiger partial charge in [0.2, 0.25) is 0 Å². The van der Waals surface area contributed by atoms with Crippen LogP contribution in [0.5, 0.6) is 11.5 Å². The number of phenolic OH excluding ortho intramolecular Hbond substituents is 2. The first kappa shape index (κ1) is 24.5. The van der Waals surface area contributed by atoms with E-state index in [1.165, 1.54) is 0 Å². The van der Waals surface area contributed by atoms with Gasteiger partial charge in [-0.3, -0.25) is 9.98 Å². The zero-order chi connectivity index (χ0) is 21.8. The number of aliphatic imine (C=N–C) groups is 2. The molecule has 31 heavy (non-hydrogen) atoms. The average Bonchev–Trinajstić information content (AvgIpc) is 2.73.